The number of aryl methyl sites for hydroxylation is 2. The van der Waals surface area contributed by atoms with Crippen LogP contribution in [-0.4, -0.2) is 15.9 Å². The van der Waals surface area contributed by atoms with E-state index in [4.69, 9.17) is 0 Å². The van der Waals surface area contributed by atoms with Gasteiger partial charge in [-0.25, -0.2) is 9.97 Å². The Kier molecular flexibility index (Phi) is 5.20. The summed E-state index contributed by atoms with van der Waals surface area (Å²) < 4.78 is 0. The SMILES string of the molecule is CCc1ccccc1NC(=O)c1nc(Nc2ccc(C)cc2)c2ccccc2n1. The number of benzene rings is 3. The van der Waals surface area contributed by atoms with Gasteiger partial charge < -0.3 is 10.6 Å². The highest BCUT2D eigenvalue weighted by atomic mass is 16.2. The van der Waals surface area contributed by atoms with Gasteiger partial charge in [0.1, 0.15) is 5.82 Å². The summed E-state index contributed by atoms with van der Waals surface area (Å²) in [5.74, 6) is 0.404. The van der Waals surface area contributed by atoms with E-state index >= 15 is 0 Å². The lowest BCUT2D eigenvalue weighted by atomic mass is 10.1. The Hall–Kier alpha value is -3.73. The fourth-order valence-corrected chi connectivity index (χ4v) is 3.18. The van der Waals surface area contributed by atoms with Crippen molar-refractivity contribution in [2.75, 3.05) is 10.6 Å². The Morgan fingerprint density at radius 2 is 1.62 bits per heavy atom. The van der Waals surface area contributed by atoms with Crippen molar-refractivity contribution in [3.05, 3.63) is 89.7 Å². The summed E-state index contributed by atoms with van der Waals surface area (Å²) in [5.41, 5.74) is 4.65. The van der Waals surface area contributed by atoms with Crippen LogP contribution >= 0.6 is 0 Å². The highest BCUT2D eigenvalue weighted by molar-refractivity contribution is 6.04. The van der Waals surface area contributed by atoms with E-state index in [0.717, 1.165) is 28.7 Å². The van der Waals surface area contributed by atoms with E-state index in [1.165, 1.54) is 5.56 Å². The number of carbonyl (C=O) groups excluding carboxylic acids is 1. The zero-order valence-electron chi connectivity index (χ0n) is 16.4. The van der Waals surface area contributed by atoms with Crippen LogP contribution in [0.5, 0.6) is 0 Å². The minimum atomic E-state index is -0.330. The third-order valence-corrected chi connectivity index (χ3v) is 4.77. The van der Waals surface area contributed by atoms with Crippen molar-refractivity contribution in [3.63, 3.8) is 0 Å². The maximum Gasteiger partial charge on any atom is 0.293 e. The molecule has 0 radical (unpaired) electrons. The molecule has 0 fully saturated rings. The molecule has 0 aliphatic rings. The van der Waals surface area contributed by atoms with E-state index in [2.05, 4.69) is 27.5 Å². The number of amides is 1. The number of rotatable bonds is 5. The van der Waals surface area contributed by atoms with Gasteiger partial charge in [0.15, 0.2) is 0 Å². The summed E-state index contributed by atoms with van der Waals surface area (Å²) in [6.45, 7) is 4.10. The molecule has 4 rings (SSSR count). The maximum atomic E-state index is 12.9. The first-order valence-corrected chi connectivity index (χ1v) is 9.64. The van der Waals surface area contributed by atoms with Crippen molar-refractivity contribution in [2.24, 2.45) is 0 Å². The second-order valence-corrected chi connectivity index (χ2v) is 6.87. The first kappa shape index (κ1) is 18.6. The highest BCUT2D eigenvalue weighted by Gasteiger charge is 2.15. The van der Waals surface area contributed by atoms with Gasteiger partial charge in [0.25, 0.3) is 5.91 Å². The van der Waals surface area contributed by atoms with Gasteiger partial charge in [-0.15, -0.1) is 0 Å². The Bertz CT molecular complexity index is 1170. The Labute approximate surface area is 169 Å². The van der Waals surface area contributed by atoms with Crippen LogP contribution < -0.4 is 10.6 Å². The Morgan fingerprint density at radius 1 is 0.897 bits per heavy atom. The highest BCUT2D eigenvalue weighted by Crippen LogP contribution is 2.24. The Morgan fingerprint density at radius 3 is 2.41 bits per heavy atom. The van der Waals surface area contributed by atoms with E-state index in [0.29, 0.717) is 11.3 Å². The molecule has 5 heteroatoms. The van der Waals surface area contributed by atoms with Gasteiger partial charge in [0, 0.05) is 16.8 Å². The molecule has 0 saturated carbocycles. The molecule has 5 nitrogen and oxygen atoms in total. The number of hydrogen-bond donors (Lipinski definition) is 2. The predicted molar refractivity (Wildman–Crippen MR) is 118 cm³/mol. The number of para-hydroxylation sites is 2. The molecule has 0 saturated heterocycles. The molecule has 0 atom stereocenters. The molecule has 2 N–H and O–H groups in total. The van der Waals surface area contributed by atoms with Crippen LogP contribution in [0.15, 0.2) is 72.8 Å². The second-order valence-electron chi connectivity index (χ2n) is 6.87. The molecule has 144 valence electrons. The van der Waals surface area contributed by atoms with Gasteiger partial charge in [0.2, 0.25) is 5.82 Å². The monoisotopic (exact) mass is 382 g/mol. The van der Waals surface area contributed by atoms with Crippen LogP contribution in [0.25, 0.3) is 10.9 Å². The zero-order chi connectivity index (χ0) is 20.2. The largest absolute Gasteiger partial charge is 0.340 e. The van der Waals surface area contributed by atoms with Crippen LogP contribution in [0.2, 0.25) is 0 Å². The van der Waals surface area contributed by atoms with Gasteiger partial charge in [-0.2, -0.15) is 0 Å². The zero-order valence-corrected chi connectivity index (χ0v) is 16.4. The number of nitrogens with zero attached hydrogens (tertiary/aromatic N) is 2. The number of hydrogen-bond acceptors (Lipinski definition) is 4. The van der Waals surface area contributed by atoms with Crippen molar-refractivity contribution in [1.29, 1.82) is 0 Å². The van der Waals surface area contributed by atoms with Gasteiger partial charge in [0.05, 0.1) is 5.52 Å². The first-order chi connectivity index (χ1) is 14.1. The quantitative estimate of drug-likeness (QED) is 0.478. The molecule has 1 aromatic heterocycles. The molecule has 4 aromatic rings. The third kappa shape index (κ3) is 4.09. The standard InChI is InChI=1S/C24H22N4O/c1-3-17-8-4-6-10-20(17)27-24(29)23-26-21-11-7-5-9-19(21)22(28-23)25-18-14-12-16(2)13-15-18/h4-15H,3H2,1-2H3,(H,27,29)(H,25,26,28). The lowest BCUT2D eigenvalue weighted by Gasteiger charge is -2.12. The lowest BCUT2D eigenvalue weighted by Crippen LogP contribution is -2.17. The summed E-state index contributed by atoms with van der Waals surface area (Å²) in [5, 5.41) is 7.13. The van der Waals surface area contributed by atoms with Gasteiger partial charge >= 0.3 is 0 Å². The molecule has 0 aliphatic carbocycles. The van der Waals surface area contributed by atoms with Gasteiger partial charge in [-0.05, 0) is 49.2 Å². The molecule has 0 aliphatic heterocycles. The molecule has 1 heterocycles. The number of anilines is 3. The van der Waals surface area contributed by atoms with E-state index < -0.39 is 0 Å². The summed E-state index contributed by atoms with van der Waals surface area (Å²) in [6.07, 6.45) is 0.829. The van der Waals surface area contributed by atoms with Crippen molar-refractivity contribution < 1.29 is 4.79 Å². The van der Waals surface area contributed by atoms with Crippen LogP contribution in [0.3, 0.4) is 0 Å². The Balaban J connectivity index is 1.71. The van der Waals surface area contributed by atoms with Gasteiger partial charge in [-0.3, -0.25) is 4.79 Å². The second kappa shape index (κ2) is 8.10. The fourth-order valence-electron chi connectivity index (χ4n) is 3.18. The molecule has 0 bridgehead atoms. The van der Waals surface area contributed by atoms with Gasteiger partial charge in [-0.1, -0.05) is 55.0 Å². The van der Waals surface area contributed by atoms with Crippen LogP contribution in [0.4, 0.5) is 17.2 Å². The minimum absolute atomic E-state index is 0.129. The van der Waals surface area contributed by atoms with Crippen molar-refractivity contribution in [1.82, 2.24) is 9.97 Å². The van der Waals surface area contributed by atoms with Crippen LogP contribution in [0.1, 0.15) is 28.7 Å². The van der Waals surface area contributed by atoms with E-state index in [9.17, 15) is 4.79 Å². The summed E-state index contributed by atoms with van der Waals surface area (Å²) in [4.78, 5) is 21.9. The molecular weight excluding hydrogens is 360 g/mol. The molecular formula is C24H22N4O. The van der Waals surface area contributed by atoms with E-state index in [1.807, 2.05) is 79.7 Å². The van der Waals surface area contributed by atoms with E-state index in [1.54, 1.807) is 0 Å². The van der Waals surface area contributed by atoms with Crippen molar-refractivity contribution in [3.8, 4) is 0 Å². The predicted octanol–water partition coefficient (Wildman–Crippen LogP) is 5.50. The summed E-state index contributed by atoms with van der Waals surface area (Å²) in [6, 6.07) is 23.5. The number of nitrogens with one attached hydrogen (secondary N) is 2. The van der Waals surface area contributed by atoms with Crippen LogP contribution in [0, 0.1) is 6.92 Å². The average Bonchev–Trinajstić information content (AvgIpc) is 2.75. The number of carbonyl (C=O) groups is 1. The smallest absolute Gasteiger partial charge is 0.293 e. The van der Waals surface area contributed by atoms with E-state index in [-0.39, 0.29) is 11.7 Å². The summed E-state index contributed by atoms with van der Waals surface area (Å²) in [7, 11) is 0. The number of fused-ring (bicyclic) bond motifs is 1. The first-order valence-electron chi connectivity index (χ1n) is 9.64. The molecule has 29 heavy (non-hydrogen) atoms. The molecule has 0 unspecified atom stereocenters. The summed E-state index contributed by atoms with van der Waals surface area (Å²) >= 11 is 0. The fraction of sp³-hybridized carbons (Fsp3) is 0.125. The minimum Gasteiger partial charge on any atom is -0.340 e. The topological polar surface area (TPSA) is 66.9 Å². The molecule has 0 spiro atoms. The molecule has 3 aromatic carbocycles. The number of aromatic nitrogens is 2. The maximum absolute atomic E-state index is 12.9. The van der Waals surface area contributed by atoms with Crippen LogP contribution in [-0.2, 0) is 6.42 Å². The lowest BCUT2D eigenvalue weighted by molar-refractivity contribution is 0.101. The normalized spacial score (nSPS) is 10.7. The molecule has 1 amide bonds. The van der Waals surface area contributed by atoms with Crippen molar-refractivity contribution >= 4 is 34.0 Å². The third-order valence-electron chi connectivity index (χ3n) is 4.77. The average molecular weight is 382 g/mol. The van der Waals surface area contributed by atoms with Crippen molar-refractivity contribution in [2.45, 2.75) is 20.3 Å².